The molecule has 2 rings (SSSR count). The molecule has 0 saturated carbocycles. The molecule has 1 amide bonds. The van der Waals surface area contributed by atoms with Gasteiger partial charge in [0.05, 0.1) is 6.10 Å². The van der Waals surface area contributed by atoms with Gasteiger partial charge in [0.15, 0.2) is 11.5 Å². The molecule has 1 unspecified atom stereocenters. The third kappa shape index (κ3) is 8.38. The number of nitrogens with one attached hydrogen (secondary N) is 2. The summed E-state index contributed by atoms with van der Waals surface area (Å²) in [6.07, 6.45) is 7.83. The molecule has 1 aromatic carbocycles. The molecule has 0 spiro atoms. The first-order valence-corrected chi connectivity index (χ1v) is 11.6. The molecular weight excluding hydrogens is 412 g/mol. The van der Waals surface area contributed by atoms with Crippen molar-refractivity contribution in [2.24, 2.45) is 0 Å². The van der Waals surface area contributed by atoms with Crippen molar-refractivity contribution in [1.82, 2.24) is 14.9 Å². The number of aliphatic hydroxyl groups is 1. The van der Waals surface area contributed by atoms with Crippen LogP contribution in [0.15, 0.2) is 43.0 Å². The van der Waals surface area contributed by atoms with E-state index in [1.54, 1.807) is 10.6 Å². The van der Waals surface area contributed by atoms with Crippen molar-refractivity contribution < 1.29 is 9.90 Å². The Balaban J connectivity index is 1.85. The van der Waals surface area contributed by atoms with Gasteiger partial charge in [0, 0.05) is 19.6 Å². The highest BCUT2D eigenvalue weighted by molar-refractivity contribution is 6.29. The van der Waals surface area contributed by atoms with Crippen LogP contribution in [0, 0.1) is 0 Å². The Labute approximate surface area is 190 Å². The smallest absolute Gasteiger partial charge is 0.271 e. The summed E-state index contributed by atoms with van der Waals surface area (Å²) >= 11 is 6.25. The van der Waals surface area contributed by atoms with Crippen LogP contribution in [0.1, 0.15) is 61.5 Å². The van der Waals surface area contributed by atoms with Crippen molar-refractivity contribution in [3.8, 4) is 0 Å². The summed E-state index contributed by atoms with van der Waals surface area (Å²) in [7, 11) is 0. The van der Waals surface area contributed by atoms with Gasteiger partial charge in [0.25, 0.3) is 5.91 Å². The predicted octanol–water partition coefficient (Wildman–Crippen LogP) is 4.83. The van der Waals surface area contributed by atoms with Gasteiger partial charge in [-0.1, -0.05) is 62.6 Å². The SMILES string of the molecule is C=CCn1c(Cl)nc(NCCCCC)c1C(=O)NCC(O)CCCCc1ccccc1. The molecule has 0 saturated heterocycles. The molecule has 0 aliphatic heterocycles. The van der Waals surface area contributed by atoms with Crippen molar-refractivity contribution in [3.05, 3.63) is 59.5 Å². The van der Waals surface area contributed by atoms with E-state index in [-0.39, 0.29) is 17.7 Å². The topological polar surface area (TPSA) is 79.2 Å². The number of unbranched alkanes of at least 4 members (excludes halogenated alkanes) is 3. The van der Waals surface area contributed by atoms with Crippen LogP contribution >= 0.6 is 11.6 Å². The number of anilines is 1. The molecule has 0 fully saturated rings. The monoisotopic (exact) mass is 446 g/mol. The lowest BCUT2D eigenvalue weighted by Gasteiger charge is -2.14. The number of imidazole rings is 1. The average Bonchev–Trinajstić information content (AvgIpc) is 3.08. The molecule has 0 radical (unpaired) electrons. The van der Waals surface area contributed by atoms with Crippen LogP contribution in [0.4, 0.5) is 5.82 Å². The maximum absolute atomic E-state index is 12.9. The van der Waals surface area contributed by atoms with Gasteiger partial charge in [-0.3, -0.25) is 4.79 Å². The molecule has 2 aromatic rings. The molecule has 1 atom stereocenters. The van der Waals surface area contributed by atoms with E-state index in [0.29, 0.717) is 24.5 Å². The van der Waals surface area contributed by atoms with E-state index in [2.05, 4.69) is 41.3 Å². The third-order valence-electron chi connectivity index (χ3n) is 5.11. The Morgan fingerprint density at radius 2 is 2.03 bits per heavy atom. The van der Waals surface area contributed by atoms with Crippen LogP contribution in [0.3, 0.4) is 0 Å². The fourth-order valence-electron chi connectivity index (χ4n) is 3.41. The highest BCUT2D eigenvalue weighted by atomic mass is 35.5. The number of hydrogen-bond donors (Lipinski definition) is 3. The number of aryl methyl sites for hydroxylation is 1. The van der Waals surface area contributed by atoms with E-state index in [1.165, 1.54) is 5.56 Å². The van der Waals surface area contributed by atoms with Crippen molar-refractivity contribution in [2.75, 3.05) is 18.4 Å². The van der Waals surface area contributed by atoms with Gasteiger partial charge in [-0.25, -0.2) is 0 Å². The Morgan fingerprint density at radius 3 is 2.74 bits per heavy atom. The Kier molecular flexibility index (Phi) is 11.2. The highest BCUT2D eigenvalue weighted by Crippen LogP contribution is 2.21. The van der Waals surface area contributed by atoms with E-state index in [9.17, 15) is 9.90 Å². The van der Waals surface area contributed by atoms with Gasteiger partial charge in [-0.15, -0.1) is 6.58 Å². The third-order valence-corrected chi connectivity index (χ3v) is 5.40. The Bertz CT molecular complexity index is 807. The molecule has 170 valence electrons. The van der Waals surface area contributed by atoms with Crippen LogP contribution in [0.2, 0.25) is 5.28 Å². The van der Waals surface area contributed by atoms with Gasteiger partial charge in [-0.2, -0.15) is 4.98 Å². The number of rotatable bonds is 15. The largest absolute Gasteiger partial charge is 0.391 e. The van der Waals surface area contributed by atoms with Crippen LogP contribution < -0.4 is 10.6 Å². The summed E-state index contributed by atoms with van der Waals surface area (Å²) < 4.78 is 1.62. The molecule has 0 bridgehead atoms. The lowest BCUT2D eigenvalue weighted by molar-refractivity contribution is 0.0901. The van der Waals surface area contributed by atoms with Gasteiger partial charge in [-0.05, 0) is 42.8 Å². The number of allylic oxidation sites excluding steroid dienone is 1. The molecule has 1 aromatic heterocycles. The number of benzene rings is 1. The van der Waals surface area contributed by atoms with Crippen LogP contribution in [0.25, 0.3) is 0 Å². The van der Waals surface area contributed by atoms with Crippen molar-refractivity contribution in [3.63, 3.8) is 0 Å². The second-order valence-electron chi connectivity index (χ2n) is 7.71. The summed E-state index contributed by atoms with van der Waals surface area (Å²) in [6.45, 7) is 7.17. The van der Waals surface area contributed by atoms with Crippen LogP contribution in [-0.2, 0) is 13.0 Å². The second kappa shape index (κ2) is 13.9. The number of aliphatic hydroxyl groups excluding tert-OH is 1. The first kappa shape index (κ1) is 25.0. The first-order chi connectivity index (χ1) is 15.1. The number of amides is 1. The van der Waals surface area contributed by atoms with Crippen molar-refractivity contribution >= 4 is 23.3 Å². The molecular formula is C24H35ClN4O2. The molecule has 3 N–H and O–H groups in total. The highest BCUT2D eigenvalue weighted by Gasteiger charge is 2.22. The van der Waals surface area contributed by atoms with Gasteiger partial charge in [0.1, 0.15) is 0 Å². The molecule has 31 heavy (non-hydrogen) atoms. The zero-order valence-corrected chi connectivity index (χ0v) is 19.2. The molecule has 0 aliphatic carbocycles. The second-order valence-corrected chi connectivity index (χ2v) is 8.04. The van der Waals surface area contributed by atoms with E-state index < -0.39 is 6.10 Å². The number of halogens is 1. The van der Waals surface area contributed by atoms with Gasteiger partial charge >= 0.3 is 0 Å². The number of aromatic nitrogens is 2. The van der Waals surface area contributed by atoms with Crippen LogP contribution in [0.5, 0.6) is 0 Å². The average molecular weight is 447 g/mol. The van der Waals surface area contributed by atoms with E-state index in [0.717, 1.165) is 45.1 Å². The van der Waals surface area contributed by atoms with Gasteiger partial charge < -0.3 is 20.3 Å². The zero-order chi connectivity index (χ0) is 22.5. The van der Waals surface area contributed by atoms with E-state index >= 15 is 0 Å². The minimum Gasteiger partial charge on any atom is -0.391 e. The molecule has 7 heteroatoms. The number of carbonyl (C=O) groups is 1. The summed E-state index contributed by atoms with van der Waals surface area (Å²) in [6, 6.07) is 10.3. The zero-order valence-electron chi connectivity index (χ0n) is 18.4. The molecule has 0 aliphatic rings. The lowest BCUT2D eigenvalue weighted by Crippen LogP contribution is -2.33. The Morgan fingerprint density at radius 1 is 1.26 bits per heavy atom. The van der Waals surface area contributed by atoms with E-state index in [4.69, 9.17) is 11.6 Å². The number of hydrogen-bond acceptors (Lipinski definition) is 4. The number of nitrogens with zero attached hydrogens (tertiary/aromatic N) is 2. The fraction of sp³-hybridized carbons (Fsp3) is 0.500. The van der Waals surface area contributed by atoms with Crippen molar-refractivity contribution in [1.29, 1.82) is 0 Å². The summed E-state index contributed by atoms with van der Waals surface area (Å²) in [5.41, 5.74) is 1.68. The summed E-state index contributed by atoms with van der Waals surface area (Å²) in [4.78, 5) is 17.2. The van der Waals surface area contributed by atoms with E-state index in [1.807, 2.05) is 18.2 Å². The lowest BCUT2D eigenvalue weighted by atomic mass is 10.1. The number of carbonyl (C=O) groups excluding carboxylic acids is 1. The van der Waals surface area contributed by atoms with Crippen molar-refractivity contribution in [2.45, 2.75) is 64.5 Å². The predicted molar refractivity (Wildman–Crippen MR) is 128 cm³/mol. The normalized spacial score (nSPS) is 11.8. The maximum atomic E-state index is 12.9. The minimum atomic E-state index is -0.591. The molecule has 1 heterocycles. The summed E-state index contributed by atoms with van der Waals surface area (Å²) in [5, 5.41) is 16.6. The molecule has 6 nitrogen and oxygen atoms in total. The Hall–Kier alpha value is -2.31. The first-order valence-electron chi connectivity index (χ1n) is 11.2. The van der Waals surface area contributed by atoms with Gasteiger partial charge in [0.2, 0.25) is 5.28 Å². The minimum absolute atomic E-state index is 0.191. The quantitative estimate of drug-likeness (QED) is 0.270. The maximum Gasteiger partial charge on any atom is 0.271 e. The standard InChI is InChI=1S/C24H35ClN4O2/c1-3-5-11-16-26-22-21(29(17-4-2)24(25)28-22)23(31)27-18-20(30)15-10-9-14-19-12-7-6-8-13-19/h4,6-8,12-13,20,26,30H,2-3,5,9-11,14-18H2,1H3,(H,27,31). The van der Waals surface area contributed by atoms with Crippen LogP contribution in [-0.4, -0.2) is 39.8 Å². The summed E-state index contributed by atoms with van der Waals surface area (Å²) in [5.74, 6) is 0.167. The fourth-order valence-corrected chi connectivity index (χ4v) is 3.64.